The first-order valence-corrected chi connectivity index (χ1v) is 7.82. The molecule has 0 fully saturated rings. The smallest absolute Gasteiger partial charge is 0.251 e. The number of nitrogens with two attached hydrogens (primary N) is 1. The molecule has 2 aromatic rings. The number of carbonyl (C=O) groups is 1. The summed E-state index contributed by atoms with van der Waals surface area (Å²) in [6.07, 6.45) is 2.00. The summed E-state index contributed by atoms with van der Waals surface area (Å²) in [4.78, 5) is 13.0. The van der Waals surface area contributed by atoms with E-state index in [-0.39, 0.29) is 5.91 Å². The summed E-state index contributed by atoms with van der Waals surface area (Å²) in [5.41, 5.74) is 6.94. The molecule has 21 heavy (non-hydrogen) atoms. The molecule has 2 aromatic carbocycles. The maximum Gasteiger partial charge on any atom is 0.251 e. The Labute approximate surface area is 128 Å². The number of carbonyl (C=O) groups excluding carboxylic acids is 1. The van der Waals surface area contributed by atoms with Crippen LogP contribution in [0.4, 0.5) is 5.69 Å². The summed E-state index contributed by atoms with van der Waals surface area (Å²) in [5, 5.41) is 2.82. The Hall–Kier alpha value is -2.14. The predicted octanol–water partition coefficient (Wildman–Crippen LogP) is 2.80. The van der Waals surface area contributed by atoms with Gasteiger partial charge in [-0.05, 0) is 54.8 Å². The number of amides is 1. The van der Waals surface area contributed by atoms with Crippen molar-refractivity contribution in [3.05, 3.63) is 54.1 Å². The maximum absolute atomic E-state index is 11.9. The van der Waals surface area contributed by atoms with Crippen LogP contribution in [0.15, 0.2) is 53.4 Å². The van der Waals surface area contributed by atoms with Crippen LogP contribution in [-0.2, 0) is 0 Å². The fraction of sp³-hybridized carbons (Fsp3) is 0.188. The van der Waals surface area contributed by atoms with Crippen molar-refractivity contribution in [2.75, 3.05) is 25.1 Å². The molecule has 0 aliphatic heterocycles. The normalized spacial score (nSPS) is 10.1. The molecule has 0 atom stereocenters. The van der Waals surface area contributed by atoms with Gasteiger partial charge in [-0.2, -0.15) is 0 Å². The summed E-state index contributed by atoms with van der Waals surface area (Å²) in [5.74, 6) is 0.645. The third-order valence-corrected chi connectivity index (χ3v) is 3.63. The lowest BCUT2D eigenvalue weighted by atomic mass is 10.2. The van der Waals surface area contributed by atoms with Crippen LogP contribution >= 0.6 is 11.8 Å². The van der Waals surface area contributed by atoms with Crippen LogP contribution < -0.4 is 15.8 Å². The van der Waals surface area contributed by atoms with Crippen molar-refractivity contribution in [1.29, 1.82) is 0 Å². The van der Waals surface area contributed by atoms with Gasteiger partial charge in [0.25, 0.3) is 5.91 Å². The number of nitrogen functional groups attached to an aromatic ring is 1. The molecule has 5 heteroatoms. The Bertz CT molecular complexity index is 582. The molecule has 0 unspecified atom stereocenters. The molecule has 0 bridgehead atoms. The van der Waals surface area contributed by atoms with Crippen molar-refractivity contribution in [2.24, 2.45) is 0 Å². The van der Waals surface area contributed by atoms with Gasteiger partial charge in [0.1, 0.15) is 12.4 Å². The molecular weight excluding hydrogens is 284 g/mol. The largest absolute Gasteiger partial charge is 0.492 e. The van der Waals surface area contributed by atoms with Gasteiger partial charge >= 0.3 is 0 Å². The molecule has 3 N–H and O–H groups in total. The van der Waals surface area contributed by atoms with E-state index in [1.165, 1.54) is 0 Å². The fourth-order valence-corrected chi connectivity index (χ4v) is 2.15. The van der Waals surface area contributed by atoms with E-state index in [0.29, 0.717) is 24.4 Å². The summed E-state index contributed by atoms with van der Waals surface area (Å²) in [6.45, 7) is 0.867. The molecule has 0 saturated carbocycles. The van der Waals surface area contributed by atoms with Gasteiger partial charge in [-0.25, -0.2) is 0 Å². The molecule has 0 aromatic heterocycles. The van der Waals surface area contributed by atoms with Crippen LogP contribution in [0.1, 0.15) is 10.4 Å². The number of anilines is 1. The van der Waals surface area contributed by atoms with E-state index in [9.17, 15) is 4.79 Å². The average Bonchev–Trinajstić information content (AvgIpc) is 2.53. The highest BCUT2D eigenvalue weighted by Gasteiger charge is 2.04. The van der Waals surface area contributed by atoms with Crippen LogP contribution in [0, 0.1) is 0 Å². The lowest BCUT2D eigenvalue weighted by Gasteiger charge is -2.08. The molecule has 0 saturated heterocycles. The number of nitrogens with one attached hydrogen (secondary N) is 1. The van der Waals surface area contributed by atoms with Gasteiger partial charge in [0.15, 0.2) is 0 Å². The first-order chi connectivity index (χ1) is 10.2. The van der Waals surface area contributed by atoms with Gasteiger partial charge in [0.05, 0.1) is 6.54 Å². The number of benzene rings is 2. The molecule has 0 spiro atoms. The minimum absolute atomic E-state index is 0.0939. The highest BCUT2D eigenvalue weighted by Crippen LogP contribution is 2.15. The summed E-state index contributed by atoms with van der Waals surface area (Å²) >= 11 is 1.65. The Morgan fingerprint density at radius 3 is 2.43 bits per heavy atom. The number of ether oxygens (including phenoxy) is 1. The van der Waals surface area contributed by atoms with Crippen LogP contribution in [0.5, 0.6) is 5.75 Å². The highest BCUT2D eigenvalue weighted by molar-refractivity contribution is 7.98. The zero-order valence-corrected chi connectivity index (χ0v) is 12.7. The zero-order valence-electron chi connectivity index (χ0n) is 11.8. The van der Waals surface area contributed by atoms with Gasteiger partial charge in [-0.15, -0.1) is 11.8 Å². The van der Waals surface area contributed by atoms with E-state index in [2.05, 4.69) is 5.32 Å². The van der Waals surface area contributed by atoms with Crippen LogP contribution in [0.3, 0.4) is 0 Å². The summed E-state index contributed by atoms with van der Waals surface area (Å²) in [6, 6.07) is 14.7. The van der Waals surface area contributed by atoms with E-state index in [4.69, 9.17) is 10.5 Å². The van der Waals surface area contributed by atoms with E-state index in [0.717, 1.165) is 10.6 Å². The van der Waals surface area contributed by atoms with Crippen molar-refractivity contribution in [3.63, 3.8) is 0 Å². The average molecular weight is 302 g/mol. The standard InChI is InChI=1S/C16H18N2O2S/c1-21-15-8-2-12(3-9-15)16(19)18-10-11-20-14-6-4-13(17)5-7-14/h2-9H,10-11,17H2,1H3,(H,18,19). The van der Waals surface area contributed by atoms with Crippen LogP contribution in [0.25, 0.3) is 0 Å². The van der Waals surface area contributed by atoms with E-state index in [1.54, 1.807) is 36.0 Å². The van der Waals surface area contributed by atoms with Crippen molar-refractivity contribution in [3.8, 4) is 5.75 Å². The van der Waals surface area contributed by atoms with E-state index in [1.807, 2.05) is 30.5 Å². The number of thioether (sulfide) groups is 1. The van der Waals surface area contributed by atoms with E-state index < -0.39 is 0 Å². The third-order valence-electron chi connectivity index (χ3n) is 2.89. The Balaban J connectivity index is 1.74. The minimum atomic E-state index is -0.0939. The van der Waals surface area contributed by atoms with Crippen LogP contribution in [-0.4, -0.2) is 25.3 Å². The Morgan fingerprint density at radius 1 is 1.14 bits per heavy atom. The molecule has 0 aliphatic rings. The lowest BCUT2D eigenvalue weighted by molar-refractivity contribution is 0.0947. The summed E-state index contributed by atoms with van der Waals surface area (Å²) in [7, 11) is 0. The maximum atomic E-state index is 11.9. The topological polar surface area (TPSA) is 64.3 Å². The SMILES string of the molecule is CSc1ccc(C(=O)NCCOc2ccc(N)cc2)cc1. The first kappa shape index (κ1) is 15.3. The predicted molar refractivity (Wildman–Crippen MR) is 86.9 cm³/mol. The van der Waals surface area contributed by atoms with Crippen molar-refractivity contribution in [1.82, 2.24) is 5.32 Å². The van der Waals surface area contributed by atoms with Gasteiger partial charge < -0.3 is 15.8 Å². The van der Waals surface area contributed by atoms with Crippen molar-refractivity contribution >= 4 is 23.4 Å². The molecular formula is C16H18N2O2S. The molecule has 0 aliphatic carbocycles. The van der Waals surface area contributed by atoms with Crippen molar-refractivity contribution in [2.45, 2.75) is 4.90 Å². The minimum Gasteiger partial charge on any atom is -0.492 e. The lowest BCUT2D eigenvalue weighted by Crippen LogP contribution is -2.28. The van der Waals surface area contributed by atoms with Gasteiger partial charge in [0.2, 0.25) is 0 Å². The second-order valence-electron chi connectivity index (χ2n) is 4.40. The molecule has 1 amide bonds. The van der Waals surface area contributed by atoms with Gasteiger partial charge in [-0.3, -0.25) is 4.79 Å². The Kier molecular flexibility index (Phi) is 5.51. The van der Waals surface area contributed by atoms with Gasteiger partial charge in [-0.1, -0.05) is 0 Å². The van der Waals surface area contributed by atoms with Crippen molar-refractivity contribution < 1.29 is 9.53 Å². The Morgan fingerprint density at radius 2 is 1.81 bits per heavy atom. The first-order valence-electron chi connectivity index (χ1n) is 6.59. The second-order valence-corrected chi connectivity index (χ2v) is 5.28. The zero-order chi connectivity index (χ0) is 15.1. The number of hydrogen-bond donors (Lipinski definition) is 2. The quantitative estimate of drug-likeness (QED) is 0.489. The van der Waals surface area contributed by atoms with Crippen LogP contribution in [0.2, 0.25) is 0 Å². The molecule has 110 valence electrons. The highest BCUT2D eigenvalue weighted by atomic mass is 32.2. The fourth-order valence-electron chi connectivity index (χ4n) is 1.74. The second kappa shape index (κ2) is 7.59. The van der Waals surface area contributed by atoms with E-state index >= 15 is 0 Å². The molecule has 4 nitrogen and oxygen atoms in total. The molecule has 0 radical (unpaired) electrons. The number of hydrogen-bond acceptors (Lipinski definition) is 4. The molecule has 2 rings (SSSR count). The summed E-state index contributed by atoms with van der Waals surface area (Å²) < 4.78 is 5.51. The van der Waals surface area contributed by atoms with Gasteiger partial charge in [0, 0.05) is 16.1 Å². The number of rotatable bonds is 6. The monoisotopic (exact) mass is 302 g/mol. The third kappa shape index (κ3) is 4.72. The molecule has 0 heterocycles.